The van der Waals surface area contributed by atoms with Crippen LogP contribution in [0, 0.1) is 0 Å². The molecule has 2 aromatic carbocycles. The summed E-state index contributed by atoms with van der Waals surface area (Å²) in [5.74, 6) is 1.32. The number of fused-ring (bicyclic) bond motifs is 1. The Morgan fingerprint density at radius 2 is 1.94 bits per heavy atom. The largest absolute Gasteiger partial charge is 0.461 e. The van der Waals surface area contributed by atoms with Crippen LogP contribution in [0.15, 0.2) is 82.6 Å². The number of rotatable bonds is 7. The number of carbonyl (C=O) groups excluding carboxylic acids is 1. The summed E-state index contributed by atoms with van der Waals surface area (Å²) < 4.78 is 7.60. The lowest BCUT2D eigenvalue weighted by molar-refractivity contribution is -0.121. The van der Waals surface area contributed by atoms with Crippen LogP contribution >= 0.6 is 11.8 Å². The SMILES string of the molecule is C[C@@H](Sc1nnc(-c2ccco2)n1Cc1ccccc1)C(=O)N[C@@H]1CCCc2ccccc21. The molecule has 1 amide bonds. The average molecular weight is 459 g/mol. The molecule has 1 aliphatic rings. The van der Waals surface area contributed by atoms with Gasteiger partial charge in [0.25, 0.3) is 0 Å². The number of nitrogens with zero attached hydrogens (tertiary/aromatic N) is 3. The van der Waals surface area contributed by atoms with Crippen LogP contribution in [0.25, 0.3) is 11.6 Å². The molecule has 4 aromatic rings. The lowest BCUT2D eigenvalue weighted by Gasteiger charge is -2.27. The van der Waals surface area contributed by atoms with Crippen molar-refractivity contribution in [3.63, 3.8) is 0 Å². The molecule has 0 bridgehead atoms. The summed E-state index contributed by atoms with van der Waals surface area (Å²) in [6.45, 7) is 2.51. The van der Waals surface area contributed by atoms with E-state index in [1.165, 1.54) is 22.9 Å². The molecule has 1 N–H and O–H groups in total. The molecule has 7 heteroatoms. The van der Waals surface area contributed by atoms with Crippen LogP contribution in [0.5, 0.6) is 0 Å². The zero-order valence-corrected chi connectivity index (χ0v) is 19.3. The van der Waals surface area contributed by atoms with Gasteiger partial charge in [0.1, 0.15) is 0 Å². The number of nitrogens with one attached hydrogen (secondary N) is 1. The van der Waals surface area contributed by atoms with Crippen molar-refractivity contribution in [3.8, 4) is 11.6 Å². The number of carbonyl (C=O) groups is 1. The first kappa shape index (κ1) is 21.5. The highest BCUT2D eigenvalue weighted by Crippen LogP contribution is 2.31. The van der Waals surface area contributed by atoms with Crippen molar-refractivity contribution < 1.29 is 9.21 Å². The molecule has 2 atom stereocenters. The van der Waals surface area contributed by atoms with Gasteiger partial charge in [-0.2, -0.15) is 0 Å². The van der Waals surface area contributed by atoms with Crippen LogP contribution in [0.4, 0.5) is 0 Å². The van der Waals surface area contributed by atoms with Crippen LogP contribution in [0.3, 0.4) is 0 Å². The Labute approximate surface area is 197 Å². The van der Waals surface area contributed by atoms with E-state index in [1.54, 1.807) is 6.26 Å². The fourth-order valence-electron chi connectivity index (χ4n) is 4.28. The third kappa shape index (κ3) is 4.73. The van der Waals surface area contributed by atoms with Gasteiger partial charge in [0, 0.05) is 0 Å². The molecule has 2 aromatic heterocycles. The van der Waals surface area contributed by atoms with Crippen LogP contribution in [-0.2, 0) is 17.8 Å². The van der Waals surface area contributed by atoms with E-state index in [0.29, 0.717) is 23.3 Å². The number of hydrogen-bond donors (Lipinski definition) is 1. The maximum atomic E-state index is 13.1. The van der Waals surface area contributed by atoms with Gasteiger partial charge in [0.15, 0.2) is 10.9 Å². The zero-order chi connectivity index (χ0) is 22.6. The molecule has 0 fully saturated rings. The van der Waals surface area contributed by atoms with E-state index in [2.05, 4.69) is 45.8 Å². The first-order valence-corrected chi connectivity index (χ1v) is 12.1. The van der Waals surface area contributed by atoms with E-state index >= 15 is 0 Å². The van der Waals surface area contributed by atoms with Gasteiger partial charge in [-0.25, -0.2) is 0 Å². The van der Waals surface area contributed by atoms with Crippen LogP contribution in [0.2, 0.25) is 0 Å². The molecule has 0 saturated heterocycles. The quantitative estimate of drug-likeness (QED) is 0.383. The van der Waals surface area contributed by atoms with Gasteiger partial charge in [-0.05, 0) is 55.0 Å². The first-order valence-electron chi connectivity index (χ1n) is 11.2. The molecule has 0 unspecified atom stereocenters. The molecule has 168 valence electrons. The van der Waals surface area contributed by atoms with E-state index in [-0.39, 0.29) is 17.2 Å². The molecule has 0 aliphatic heterocycles. The predicted octanol–water partition coefficient (Wildman–Crippen LogP) is 5.26. The fourth-order valence-corrected chi connectivity index (χ4v) is 5.13. The van der Waals surface area contributed by atoms with Gasteiger partial charge in [-0.15, -0.1) is 10.2 Å². The highest BCUT2D eigenvalue weighted by atomic mass is 32.2. The number of amides is 1. The summed E-state index contributed by atoms with van der Waals surface area (Å²) in [7, 11) is 0. The van der Waals surface area contributed by atoms with E-state index < -0.39 is 0 Å². The average Bonchev–Trinajstić information content (AvgIpc) is 3.50. The molecular weight excluding hydrogens is 432 g/mol. The van der Waals surface area contributed by atoms with Crippen molar-refractivity contribution in [3.05, 3.63) is 89.7 Å². The number of benzene rings is 2. The van der Waals surface area contributed by atoms with E-state index in [9.17, 15) is 4.79 Å². The number of aromatic nitrogens is 3. The van der Waals surface area contributed by atoms with Gasteiger partial charge in [0.05, 0.1) is 24.1 Å². The van der Waals surface area contributed by atoms with Crippen molar-refractivity contribution in [2.45, 2.75) is 49.2 Å². The van der Waals surface area contributed by atoms with Gasteiger partial charge < -0.3 is 9.73 Å². The summed E-state index contributed by atoms with van der Waals surface area (Å²) in [6, 6.07) is 22.3. The first-order chi connectivity index (χ1) is 16.2. The Morgan fingerprint density at radius 3 is 2.76 bits per heavy atom. The van der Waals surface area contributed by atoms with Crippen LogP contribution < -0.4 is 5.32 Å². The van der Waals surface area contributed by atoms with Crippen molar-refractivity contribution in [1.29, 1.82) is 0 Å². The summed E-state index contributed by atoms with van der Waals surface area (Å²) in [5, 5.41) is 12.4. The minimum atomic E-state index is -0.317. The lowest BCUT2D eigenvalue weighted by atomic mass is 9.88. The lowest BCUT2D eigenvalue weighted by Crippen LogP contribution is -2.36. The number of hydrogen-bond acceptors (Lipinski definition) is 5. The monoisotopic (exact) mass is 458 g/mol. The van der Waals surface area contributed by atoms with Crippen molar-refractivity contribution >= 4 is 17.7 Å². The molecule has 1 aliphatic carbocycles. The Hall–Kier alpha value is -3.32. The fraction of sp³-hybridized carbons (Fsp3) is 0.269. The maximum Gasteiger partial charge on any atom is 0.233 e. The second kappa shape index (κ2) is 9.67. The summed E-state index contributed by atoms with van der Waals surface area (Å²) in [5.41, 5.74) is 3.70. The molecule has 0 spiro atoms. The summed E-state index contributed by atoms with van der Waals surface area (Å²) >= 11 is 1.42. The molecule has 0 saturated carbocycles. The molecule has 33 heavy (non-hydrogen) atoms. The van der Waals surface area contributed by atoms with Gasteiger partial charge in [-0.1, -0.05) is 66.4 Å². The maximum absolute atomic E-state index is 13.1. The second-order valence-corrected chi connectivity index (χ2v) is 9.58. The smallest absolute Gasteiger partial charge is 0.233 e. The van der Waals surface area contributed by atoms with Gasteiger partial charge >= 0.3 is 0 Å². The highest BCUT2D eigenvalue weighted by Gasteiger charge is 2.26. The third-order valence-electron chi connectivity index (χ3n) is 5.98. The van der Waals surface area contributed by atoms with Crippen molar-refractivity contribution in [2.24, 2.45) is 0 Å². The van der Waals surface area contributed by atoms with Crippen LogP contribution in [-0.4, -0.2) is 25.9 Å². The molecule has 0 radical (unpaired) electrons. The van der Waals surface area contributed by atoms with E-state index in [1.807, 2.05) is 47.9 Å². The zero-order valence-electron chi connectivity index (χ0n) is 18.5. The Morgan fingerprint density at radius 1 is 1.12 bits per heavy atom. The van der Waals surface area contributed by atoms with Crippen molar-refractivity contribution in [1.82, 2.24) is 20.1 Å². The summed E-state index contributed by atoms with van der Waals surface area (Å²) in [4.78, 5) is 13.1. The third-order valence-corrected chi connectivity index (χ3v) is 7.06. The van der Waals surface area contributed by atoms with Gasteiger partial charge in [0.2, 0.25) is 11.7 Å². The van der Waals surface area contributed by atoms with E-state index in [0.717, 1.165) is 24.8 Å². The Balaban J connectivity index is 1.35. The Bertz CT molecular complexity index is 1220. The molecular formula is C26H26N4O2S. The second-order valence-electron chi connectivity index (χ2n) is 8.27. The summed E-state index contributed by atoms with van der Waals surface area (Å²) in [6.07, 6.45) is 4.75. The standard InChI is InChI=1S/C26H26N4O2S/c1-18(25(31)27-22-14-7-12-20-11-5-6-13-21(20)22)33-26-29-28-24(23-15-8-16-32-23)30(26)17-19-9-3-2-4-10-19/h2-6,8-11,13,15-16,18,22H,7,12,14,17H2,1H3,(H,27,31)/t18-,22-/m1/s1. The highest BCUT2D eigenvalue weighted by molar-refractivity contribution is 8.00. The molecule has 2 heterocycles. The minimum absolute atomic E-state index is 0.00973. The number of thioether (sulfide) groups is 1. The van der Waals surface area contributed by atoms with Gasteiger partial charge in [-0.3, -0.25) is 9.36 Å². The topological polar surface area (TPSA) is 73.0 Å². The predicted molar refractivity (Wildman–Crippen MR) is 129 cm³/mol. The Kier molecular flexibility index (Phi) is 6.30. The van der Waals surface area contributed by atoms with Crippen LogP contribution in [0.1, 0.15) is 42.5 Å². The molecule has 5 rings (SSSR count). The normalized spacial score (nSPS) is 16.2. The number of furan rings is 1. The van der Waals surface area contributed by atoms with E-state index in [4.69, 9.17) is 4.42 Å². The number of aryl methyl sites for hydroxylation is 1. The minimum Gasteiger partial charge on any atom is -0.461 e. The molecule has 6 nitrogen and oxygen atoms in total. The van der Waals surface area contributed by atoms with Crippen molar-refractivity contribution in [2.75, 3.05) is 0 Å².